The Morgan fingerprint density at radius 3 is 2.75 bits per heavy atom. The zero-order chi connectivity index (χ0) is 17.3. The van der Waals surface area contributed by atoms with Crippen molar-refractivity contribution in [3.63, 3.8) is 0 Å². The summed E-state index contributed by atoms with van der Waals surface area (Å²) in [5.74, 6) is -0.897. The number of hydrogen-bond acceptors (Lipinski definition) is 4. The zero-order valence-electron chi connectivity index (χ0n) is 13.4. The number of hydrogen-bond donors (Lipinski definition) is 2. The number of carbonyl (C=O) groups excluding carboxylic acids is 1. The largest absolute Gasteiger partial charge is 0.328 e. The van der Waals surface area contributed by atoms with Gasteiger partial charge in [0.25, 0.3) is 0 Å². The molecule has 1 amide bonds. The van der Waals surface area contributed by atoms with E-state index in [0.29, 0.717) is 18.5 Å². The Hall–Kier alpha value is -1.67. The van der Waals surface area contributed by atoms with Crippen LogP contribution in [0.1, 0.15) is 32.1 Å². The Balaban J connectivity index is 1.77. The summed E-state index contributed by atoms with van der Waals surface area (Å²) in [6, 6.07) is 4.06. The minimum atomic E-state index is -3.47. The molecule has 1 heterocycles. The first-order valence-corrected chi connectivity index (χ1v) is 9.84. The predicted octanol–water partition coefficient (Wildman–Crippen LogP) is 1.82. The highest BCUT2D eigenvalue weighted by molar-refractivity contribution is 7.93. The van der Waals surface area contributed by atoms with Gasteiger partial charge in [0.1, 0.15) is 5.82 Å². The minimum Gasteiger partial charge on any atom is -0.328 e. The van der Waals surface area contributed by atoms with Crippen LogP contribution in [-0.2, 0) is 14.8 Å². The molecule has 24 heavy (non-hydrogen) atoms. The SMILES string of the molecule is NC1CCCC(C(=O)Nc2ccc(F)c(N3CCCS3(=O)=O)c2)C1. The molecule has 2 unspecified atom stereocenters. The second-order valence-electron chi connectivity index (χ2n) is 6.52. The number of nitrogens with one attached hydrogen (secondary N) is 1. The van der Waals surface area contributed by atoms with Crippen molar-refractivity contribution in [2.75, 3.05) is 21.9 Å². The monoisotopic (exact) mass is 355 g/mol. The second kappa shape index (κ2) is 6.68. The number of nitrogens with zero attached hydrogens (tertiary/aromatic N) is 1. The maximum absolute atomic E-state index is 14.1. The third-order valence-electron chi connectivity index (χ3n) is 4.67. The molecule has 0 bridgehead atoms. The summed E-state index contributed by atoms with van der Waals surface area (Å²) in [6.07, 6.45) is 3.74. The number of halogens is 1. The maximum Gasteiger partial charge on any atom is 0.235 e. The molecule has 1 saturated heterocycles. The van der Waals surface area contributed by atoms with Crippen molar-refractivity contribution in [1.82, 2.24) is 0 Å². The fourth-order valence-corrected chi connectivity index (χ4v) is 4.96. The van der Waals surface area contributed by atoms with E-state index in [2.05, 4.69) is 5.32 Å². The topological polar surface area (TPSA) is 92.5 Å². The van der Waals surface area contributed by atoms with Gasteiger partial charge in [-0.1, -0.05) is 6.42 Å². The predicted molar refractivity (Wildman–Crippen MR) is 90.7 cm³/mol. The molecular weight excluding hydrogens is 333 g/mol. The van der Waals surface area contributed by atoms with Crippen molar-refractivity contribution in [2.24, 2.45) is 11.7 Å². The number of amides is 1. The van der Waals surface area contributed by atoms with Crippen molar-refractivity contribution >= 4 is 27.3 Å². The van der Waals surface area contributed by atoms with E-state index in [-0.39, 0.29) is 35.9 Å². The average molecular weight is 355 g/mol. The van der Waals surface area contributed by atoms with Gasteiger partial charge in [-0.15, -0.1) is 0 Å². The molecule has 3 N–H and O–H groups in total. The van der Waals surface area contributed by atoms with Gasteiger partial charge in [-0.3, -0.25) is 9.10 Å². The first-order valence-electron chi connectivity index (χ1n) is 8.23. The van der Waals surface area contributed by atoms with Crippen LogP contribution in [0.25, 0.3) is 0 Å². The Bertz CT molecular complexity index is 738. The Kier molecular flexibility index (Phi) is 4.78. The molecule has 1 aromatic carbocycles. The molecule has 8 heteroatoms. The standard InChI is InChI=1S/C16H22FN3O3S/c17-14-6-5-13(10-15(14)20-7-2-8-24(20,22)23)19-16(21)11-3-1-4-12(18)9-11/h5-6,10-12H,1-4,7-9,18H2,(H,19,21). The van der Waals surface area contributed by atoms with Crippen LogP contribution in [0.5, 0.6) is 0 Å². The number of carbonyl (C=O) groups is 1. The number of rotatable bonds is 3. The summed E-state index contributed by atoms with van der Waals surface area (Å²) in [7, 11) is -3.47. The number of benzene rings is 1. The van der Waals surface area contributed by atoms with E-state index in [9.17, 15) is 17.6 Å². The molecule has 1 aliphatic carbocycles. The van der Waals surface area contributed by atoms with Crippen LogP contribution in [0.3, 0.4) is 0 Å². The van der Waals surface area contributed by atoms with Crippen molar-refractivity contribution in [3.8, 4) is 0 Å². The lowest BCUT2D eigenvalue weighted by Crippen LogP contribution is -2.34. The summed E-state index contributed by atoms with van der Waals surface area (Å²) in [5, 5.41) is 2.77. The van der Waals surface area contributed by atoms with Crippen molar-refractivity contribution in [2.45, 2.75) is 38.1 Å². The van der Waals surface area contributed by atoms with E-state index in [1.165, 1.54) is 18.2 Å². The first kappa shape index (κ1) is 17.2. The van der Waals surface area contributed by atoms with E-state index in [4.69, 9.17) is 5.73 Å². The van der Waals surface area contributed by atoms with Crippen molar-refractivity contribution in [1.29, 1.82) is 0 Å². The van der Waals surface area contributed by atoms with Gasteiger partial charge >= 0.3 is 0 Å². The number of sulfonamides is 1. The third-order valence-corrected chi connectivity index (χ3v) is 6.52. The summed E-state index contributed by atoms with van der Waals surface area (Å²) in [4.78, 5) is 12.4. The van der Waals surface area contributed by atoms with Crippen LogP contribution in [0.15, 0.2) is 18.2 Å². The molecule has 1 aliphatic heterocycles. The van der Waals surface area contributed by atoms with Crippen LogP contribution >= 0.6 is 0 Å². The minimum absolute atomic E-state index is 0.00866. The van der Waals surface area contributed by atoms with Crippen LogP contribution in [-0.4, -0.2) is 32.7 Å². The number of nitrogens with two attached hydrogens (primary N) is 1. The molecule has 0 aromatic heterocycles. The molecule has 2 aliphatic rings. The van der Waals surface area contributed by atoms with Crippen LogP contribution in [0.2, 0.25) is 0 Å². The Morgan fingerprint density at radius 1 is 1.29 bits per heavy atom. The van der Waals surface area contributed by atoms with Gasteiger partial charge in [-0.2, -0.15) is 0 Å². The van der Waals surface area contributed by atoms with Crippen molar-refractivity contribution in [3.05, 3.63) is 24.0 Å². The van der Waals surface area contributed by atoms with Crippen molar-refractivity contribution < 1.29 is 17.6 Å². The van der Waals surface area contributed by atoms with E-state index in [0.717, 1.165) is 23.6 Å². The lowest BCUT2D eigenvalue weighted by Gasteiger charge is -2.26. The lowest BCUT2D eigenvalue weighted by atomic mass is 9.85. The third kappa shape index (κ3) is 3.54. The normalized spacial score (nSPS) is 26.3. The summed E-state index contributed by atoms with van der Waals surface area (Å²) >= 11 is 0. The highest BCUT2D eigenvalue weighted by atomic mass is 32.2. The molecule has 0 radical (unpaired) electrons. The molecule has 6 nitrogen and oxygen atoms in total. The van der Waals surface area contributed by atoms with Crippen LogP contribution in [0.4, 0.5) is 15.8 Å². The van der Waals surface area contributed by atoms with Gasteiger partial charge < -0.3 is 11.1 Å². The van der Waals surface area contributed by atoms with Gasteiger partial charge in [0.15, 0.2) is 0 Å². The lowest BCUT2D eigenvalue weighted by molar-refractivity contribution is -0.120. The van der Waals surface area contributed by atoms with E-state index in [1.54, 1.807) is 0 Å². The second-order valence-corrected chi connectivity index (χ2v) is 8.53. The quantitative estimate of drug-likeness (QED) is 0.865. The fourth-order valence-electron chi connectivity index (χ4n) is 3.40. The molecule has 132 valence electrons. The highest BCUT2D eigenvalue weighted by Gasteiger charge is 2.31. The zero-order valence-corrected chi connectivity index (χ0v) is 14.2. The van der Waals surface area contributed by atoms with E-state index >= 15 is 0 Å². The molecule has 2 fully saturated rings. The molecule has 2 atom stereocenters. The smallest absolute Gasteiger partial charge is 0.235 e. The van der Waals surface area contributed by atoms with Gasteiger partial charge in [0, 0.05) is 24.2 Å². The van der Waals surface area contributed by atoms with Gasteiger partial charge in [0.2, 0.25) is 15.9 Å². The summed E-state index contributed by atoms with van der Waals surface area (Å²) in [6.45, 7) is 0.258. The molecule has 3 rings (SSSR count). The van der Waals surface area contributed by atoms with Crippen LogP contribution in [0, 0.1) is 11.7 Å². The van der Waals surface area contributed by atoms with Gasteiger partial charge in [-0.05, 0) is 43.9 Å². The Labute approximate surface area is 141 Å². The summed E-state index contributed by atoms with van der Waals surface area (Å²) in [5.41, 5.74) is 6.30. The van der Waals surface area contributed by atoms with Gasteiger partial charge in [-0.25, -0.2) is 12.8 Å². The van der Waals surface area contributed by atoms with Gasteiger partial charge in [0.05, 0.1) is 11.4 Å². The molecule has 1 aromatic rings. The molecule has 0 spiro atoms. The Morgan fingerprint density at radius 2 is 2.08 bits per heavy atom. The van der Waals surface area contributed by atoms with Crippen LogP contribution < -0.4 is 15.4 Å². The highest BCUT2D eigenvalue weighted by Crippen LogP contribution is 2.30. The molecule has 1 saturated carbocycles. The maximum atomic E-state index is 14.1. The summed E-state index contributed by atoms with van der Waals surface area (Å²) < 4.78 is 39.1. The average Bonchev–Trinajstić information content (AvgIpc) is 2.88. The first-order chi connectivity index (χ1) is 11.4. The van der Waals surface area contributed by atoms with E-state index < -0.39 is 15.8 Å². The van der Waals surface area contributed by atoms with E-state index in [1.807, 2.05) is 0 Å². The fraction of sp³-hybridized carbons (Fsp3) is 0.562. The number of anilines is 2. The molecular formula is C16H22FN3O3S.